The number of nitriles is 1. The molecule has 1 aliphatic rings. The molecule has 1 atom stereocenters. The van der Waals surface area contributed by atoms with Gasteiger partial charge in [0.25, 0.3) is 0 Å². The molecule has 1 unspecified atom stereocenters. The van der Waals surface area contributed by atoms with Crippen LogP contribution in [0.2, 0.25) is 0 Å². The summed E-state index contributed by atoms with van der Waals surface area (Å²) in [6, 6.07) is 9.60. The summed E-state index contributed by atoms with van der Waals surface area (Å²) in [5.74, 6) is 0.390. The first-order chi connectivity index (χ1) is 9.58. The SMILES string of the molecule is CC(C)C1(C(=O)Nc2ccc(CC#N)cc2)CCNC1. The van der Waals surface area contributed by atoms with Gasteiger partial charge in [0.15, 0.2) is 0 Å². The predicted molar refractivity (Wildman–Crippen MR) is 79.1 cm³/mol. The zero-order valence-electron chi connectivity index (χ0n) is 12.1. The molecule has 20 heavy (non-hydrogen) atoms. The zero-order valence-corrected chi connectivity index (χ0v) is 12.1. The Morgan fingerprint density at radius 2 is 2.15 bits per heavy atom. The first-order valence-electron chi connectivity index (χ1n) is 7.06. The van der Waals surface area contributed by atoms with Crippen molar-refractivity contribution in [1.82, 2.24) is 5.32 Å². The zero-order chi connectivity index (χ0) is 14.6. The van der Waals surface area contributed by atoms with Gasteiger partial charge in [0, 0.05) is 12.2 Å². The molecule has 1 aromatic carbocycles. The number of nitrogens with one attached hydrogen (secondary N) is 2. The monoisotopic (exact) mass is 271 g/mol. The van der Waals surface area contributed by atoms with Crippen molar-refractivity contribution >= 4 is 11.6 Å². The van der Waals surface area contributed by atoms with Crippen LogP contribution in [0, 0.1) is 22.7 Å². The van der Waals surface area contributed by atoms with Gasteiger partial charge < -0.3 is 10.6 Å². The lowest BCUT2D eigenvalue weighted by atomic mass is 9.75. The van der Waals surface area contributed by atoms with Gasteiger partial charge in [-0.15, -0.1) is 0 Å². The molecule has 0 spiro atoms. The third-order valence-corrected chi connectivity index (χ3v) is 4.24. The van der Waals surface area contributed by atoms with E-state index in [4.69, 9.17) is 5.26 Å². The van der Waals surface area contributed by atoms with Crippen LogP contribution in [0.5, 0.6) is 0 Å². The van der Waals surface area contributed by atoms with Gasteiger partial charge >= 0.3 is 0 Å². The fourth-order valence-corrected chi connectivity index (χ4v) is 2.71. The number of nitrogens with zero attached hydrogens (tertiary/aromatic N) is 1. The molecule has 0 saturated carbocycles. The van der Waals surface area contributed by atoms with Crippen molar-refractivity contribution in [2.75, 3.05) is 18.4 Å². The Morgan fingerprint density at radius 1 is 1.45 bits per heavy atom. The molecular formula is C16H21N3O. The number of carbonyl (C=O) groups is 1. The molecule has 0 radical (unpaired) electrons. The summed E-state index contributed by atoms with van der Waals surface area (Å²) in [5.41, 5.74) is 1.45. The van der Waals surface area contributed by atoms with Crippen LogP contribution < -0.4 is 10.6 Å². The van der Waals surface area contributed by atoms with Crippen molar-refractivity contribution in [2.24, 2.45) is 11.3 Å². The Kier molecular flexibility index (Phi) is 4.41. The van der Waals surface area contributed by atoms with Crippen LogP contribution in [-0.2, 0) is 11.2 Å². The lowest BCUT2D eigenvalue weighted by Gasteiger charge is -2.31. The van der Waals surface area contributed by atoms with E-state index < -0.39 is 0 Å². The Morgan fingerprint density at radius 3 is 2.65 bits per heavy atom. The summed E-state index contributed by atoms with van der Waals surface area (Å²) in [6.45, 7) is 5.83. The number of amides is 1. The molecule has 1 fully saturated rings. The fraction of sp³-hybridized carbons (Fsp3) is 0.500. The molecule has 1 amide bonds. The predicted octanol–water partition coefficient (Wildman–Crippen LogP) is 2.33. The highest BCUT2D eigenvalue weighted by Crippen LogP contribution is 2.35. The van der Waals surface area contributed by atoms with E-state index in [2.05, 4.69) is 30.6 Å². The van der Waals surface area contributed by atoms with Crippen molar-refractivity contribution in [1.29, 1.82) is 5.26 Å². The van der Waals surface area contributed by atoms with Crippen LogP contribution in [0.1, 0.15) is 25.8 Å². The second-order valence-electron chi connectivity index (χ2n) is 5.72. The smallest absolute Gasteiger partial charge is 0.232 e. The summed E-state index contributed by atoms with van der Waals surface area (Å²) >= 11 is 0. The van der Waals surface area contributed by atoms with Gasteiger partial charge in [-0.3, -0.25) is 4.79 Å². The molecule has 1 aliphatic heterocycles. The average molecular weight is 271 g/mol. The molecule has 0 aromatic heterocycles. The van der Waals surface area contributed by atoms with Crippen LogP contribution in [0.15, 0.2) is 24.3 Å². The number of anilines is 1. The van der Waals surface area contributed by atoms with E-state index in [1.165, 1.54) is 0 Å². The van der Waals surface area contributed by atoms with Crippen molar-refractivity contribution in [3.63, 3.8) is 0 Å². The maximum absolute atomic E-state index is 12.6. The molecule has 0 aliphatic carbocycles. The quantitative estimate of drug-likeness (QED) is 0.883. The van der Waals surface area contributed by atoms with Crippen LogP contribution >= 0.6 is 0 Å². The molecular weight excluding hydrogens is 250 g/mol. The summed E-state index contributed by atoms with van der Waals surface area (Å²) < 4.78 is 0. The largest absolute Gasteiger partial charge is 0.326 e. The van der Waals surface area contributed by atoms with Gasteiger partial charge in [-0.05, 0) is 36.6 Å². The molecule has 1 aromatic rings. The van der Waals surface area contributed by atoms with Gasteiger partial charge in [0.2, 0.25) is 5.91 Å². The van der Waals surface area contributed by atoms with Crippen molar-refractivity contribution in [2.45, 2.75) is 26.7 Å². The van der Waals surface area contributed by atoms with E-state index in [0.29, 0.717) is 12.3 Å². The first-order valence-corrected chi connectivity index (χ1v) is 7.06. The van der Waals surface area contributed by atoms with Gasteiger partial charge in [0.05, 0.1) is 17.9 Å². The van der Waals surface area contributed by atoms with Crippen LogP contribution in [-0.4, -0.2) is 19.0 Å². The lowest BCUT2D eigenvalue weighted by Crippen LogP contribution is -2.42. The molecule has 2 rings (SSSR count). The number of hydrogen-bond acceptors (Lipinski definition) is 3. The maximum Gasteiger partial charge on any atom is 0.232 e. The van der Waals surface area contributed by atoms with Crippen molar-refractivity contribution in [3.8, 4) is 6.07 Å². The van der Waals surface area contributed by atoms with Crippen LogP contribution in [0.3, 0.4) is 0 Å². The number of rotatable bonds is 4. The lowest BCUT2D eigenvalue weighted by molar-refractivity contribution is -0.126. The van der Waals surface area contributed by atoms with E-state index in [0.717, 1.165) is 30.8 Å². The fourth-order valence-electron chi connectivity index (χ4n) is 2.71. The highest BCUT2D eigenvalue weighted by atomic mass is 16.2. The van der Waals surface area contributed by atoms with E-state index in [-0.39, 0.29) is 11.3 Å². The normalized spacial score (nSPS) is 21.7. The van der Waals surface area contributed by atoms with Crippen LogP contribution in [0.4, 0.5) is 5.69 Å². The highest BCUT2D eigenvalue weighted by molar-refractivity contribution is 5.96. The molecule has 1 heterocycles. The van der Waals surface area contributed by atoms with Gasteiger partial charge in [-0.1, -0.05) is 26.0 Å². The van der Waals surface area contributed by atoms with Gasteiger partial charge in [-0.2, -0.15) is 5.26 Å². The Bertz CT molecular complexity index is 508. The minimum absolute atomic E-state index is 0.0885. The van der Waals surface area contributed by atoms with Gasteiger partial charge in [-0.25, -0.2) is 0 Å². The summed E-state index contributed by atoms with van der Waals surface area (Å²) in [7, 11) is 0. The number of carbonyl (C=O) groups excluding carboxylic acids is 1. The average Bonchev–Trinajstić information content (AvgIpc) is 2.92. The standard InChI is InChI=1S/C16H21N3O/c1-12(2)16(8-10-18-11-16)15(20)19-14-5-3-13(4-6-14)7-9-17/h3-6,12,18H,7-8,10-11H2,1-2H3,(H,19,20). The summed E-state index contributed by atoms with van der Waals surface area (Å²) in [4.78, 5) is 12.6. The molecule has 2 N–H and O–H groups in total. The minimum atomic E-state index is -0.314. The second kappa shape index (κ2) is 6.06. The first kappa shape index (κ1) is 14.5. The van der Waals surface area contributed by atoms with Gasteiger partial charge in [0.1, 0.15) is 0 Å². The molecule has 0 bridgehead atoms. The van der Waals surface area contributed by atoms with E-state index in [9.17, 15) is 4.79 Å². The third-order valence-electron chi connectivity index (χ3n) is 4.24. The molecule has 4 nitrogen and oxygen atoms in total. The third kappa shape index (κ3) is 2.83. The van der Waals surface area contributed by atoms with E-state index >= 15 is 0 Å². The number of benzene rings is 1. The second-order valence-corrected chi connectivity index (χ2v) is 5.72. The van der Waals surface area contributed by atoms with Crippen molar-refractivity contribution < 1.29 is 4.79 Å². The molecule has 4 heteroatoms. The van der Waals surface area contributed by atoms with Crippen LogP contribution in [0.25, 0.3) is 0 Å². The Hall–Kier alpha value is -1.86. The Balaban J connectivity index is 2.09. The van der Waals surface area contributed by atoms with Crippen molar-refractivity contribution in [3.05, 3.63) is 29.8 Å². The van der Waals surface area contributed by atoms with E-state index in [1.807, 2.05) is 24.3 Å². The van der Waals surface area contributed by atoms with E-state index in [1.54, 1.807) is 0 Å². The summed E-state index contributed by atoms with van der Waals surface area (Å²) in [5, 5.41) is 14.9. The molecule has 1 saturated heterocycles. The Labute approximate surface area is 120 Å². The topological polar surface area (TPSA) is 64.9 Å². The highest BCUT2D eigenvalue weighted by Gasteiger charge is 2.43. The molecule has 106 valence electrons. The minimum Gasteiger partial charge on any atom is -0.326 e. The maximum atomic E-state index is 12.6. The number of hydrogen-bond donors (Lipinski definition) is 2. The summed E-state index contributed by atoms with van der Waals surface area (Å²) in [6.07, 6.45) is 1.27.